The van der Waals surface area contributed by atoms with Gasteiger partial charge < -0.3 is 5.32 Å². The number of thiophene rings is 1. The molecule has 0 radical (unpaired) electrons. The van der Waals surface area contributed by atoms with Gasteiger partial charge in [0.15, 0.2) is 0 Å². The van der Waals surface area contributed by atoms with Crippen LogP contribution in [0, 0.1) is 10.1 Å². The first-order chi connectivity index (χ1) is 9.72. The van der Waals surface area contributed by atoms with E-state index in [1.54, 1.807) is 23.5 Å². The molecule has 0 aliphatic rings. The fraction of sp³-hybridized carbons (Fsp3) is 0.154. The second kappa shape index (κ2) is 5.66. The number of nitrogens with zero attached hydrogens (tertiary/aromatic N) is 2. The molecule has 3 aromatic rings. The zero-order valence-corrected chi connectivity index (χ0v) is 12.0. The molecule has 0 aliphatic heterocycles. The van der Waals surface area contributed by atoms with Crippen molar-refractivity contribution in [1.29, 1.82) is 0 Å². The molecule has 2 aromatic heterocycles. The van der Waals surface area contributed by atoms with Crippen LogP contribution in [0.5, 0.6) is 0 Å². The minimum atomic E-state index is -0.359. The van der Waals surface area contributed by atoms with Gasteiger partial charge in [0.1, 0.15) is 5.01 Å². The first-order valence-electron chi connectivity index (χ1n) is 6.00. The van der Waals surface area contributed by atoms with E-state index >= 15 is 0 Å². The summed E-state index contributed by atoms with van der Waals surface area (Å²) in [4.78, 5) is 15.7. The van der Waals surface area contributed by atoms with E-state index in [2.05, 4.69) is 16.4 Å². The fourth-order valence-electron chi connectivity index (χ4n) is 1.85. The van der Waals surface area contributed by atoms with Crippen molar-refractivity contribution in [3.05, 3.63) is 56.4 Å². The van der Waals surface area contributed by atoms with Gasteiger partial charge in [0.2, 0.25) is 0 Å². The predicted molar refractivity (Wildman–Crippen MR) is 81.1 cm³/mol. The van der Waals surface area contributed by atoms with Gasteiger partial charge in [0.05, 0.1) is 15.1 Å². The molecule has 0 amide bonds. The number of nitrogens with one attached hydrogen (secondary N) is 1. The number of benzene rings is 1. The number of nitro groups is 1. The van der Waals surface area contributed by atoms with Crippen LogP contribution < -0.4 is 5.32 Å². The topological polar surface area (TPSA) is 68.1 Å². The first kappa shape index (κ1) is 13.2. The average molecular weight is 305 g/mol. The van der Waals surface area contributed by atoms with Crippen molar-refractivity contribution in [2.45, 2.75) is 13.1 Å². The Bertz CT molecular complexity index is 718. The van der Waals surface area contributed by atoms with Crippen LogP contribution in [0.4, 0.5) is 5.00 Å². The summed E-state index contributed by atoms with van der Waals surface area (Å²) < 4.78 is 1.18. The number of thiazole rings is 1. The zero-order chi connectivity index (χ0) is 13.9. The highest BCUT2D eigenvalue weighted by molar-refractivity contribution is 7.18. The molecule has 0 fully saturated rings. The van der Waals surface area contributed by atoms with Gasteiger partial charge in [-0.2, -0.15) is 0 Å². The Kier molecular flexibility index (Phi) is 3.72. The normalized spacial score (nSPS) is 11.0. The standard InChI is InChI=1S/C13H11N3O2S2/c17-16(18)13-6-5-9(19-13)7-14-8-12-15-10-3-1-2-4-11(10)20-12/h1-6,14H,7-8H2. The van der Waals surface area contributed by atoms with Gasteiger partial charge >= 0.3 is 5.00 Å². The highest BCUT2D eigenvalue weighted by Crippen LogP contribution is 2.24. The molecule has 5 nitrogen and oxygen atoms in total. The SMILES string of the molecule is O=[N+]([O-])c1ccc(CNCc2nc3ccccc3s2)s1. The maximum Gasteiger partial charge on any atom is 0.324 e. The third kappa shape index (κ3) is 2.84. The summed E-state index contributed by atoms with van der Waals surface area (Å²) in [5.41, 5.74) is 1.01. The summed E-state index contributed by atoms with van der Waals surface area (Å²) in [6, 6.07) is 11.4. The van der Waals surface area contributed by atoms with E-state index < -0.39 is 0 Å². The van der Waals surface area contributed by atoms with Gasteiger partial charge in [0.25, 0.3) is 0 Å². The van der Waals surface area contributed by atoms with Crippen molar-refractivity contribution >= 4 is 37.9 Å². The summed E-state index contributed by atoms with van der Waals surface area (Å²) >= 11 is 2.87. The van der Waals surface area contributed by atoms with Crippen LogP contribution in [0.2, 0.25) is 0 Å². The number of rotatable bonds is 5. The Labute approximate surface area is 123 Å². The molecular weight excluding hydrogens is 294 g/mol. The largest absolute Gasteiger partial charge is 0.324 e. The number of hydrogen-bond donors (Lipinski definition) is 1. The van der Waals surface area contributed by atoms with E-state index in [9.17, 15) is 10.1 Å². The quantitative estimate of drug-likeness (QED) is 0.578. The maximum atomic E-state index is 10.6. The van der Waals surface area contributed by atoms with Crippen LogP contribution in [0.3, 0.4) is 0 Å². The molecule has 1 aromatic carbocycles. The van der Waals surface area contributed by atoms with E-state index in [1.165, 1.54) is 16.0 Å². The maximum absolute atomic E-state index is 10.6. The van der Waals surface area contributed by atoms with E-state index in [1.807, 2.05) is 18.2 Å². The van der Waals surface area contributed by atoms with Crippen LogP contribution in [0.1, 0.15) is 9.88 Å². The third-order valence-electron chi connectivity index (χ3n) is 2.74. The first-order valence-corrected chi connectivity index (χ1v) is 7.64. The monoisotopic (exact) mass is 305 g/mol. The zero-order valence-electron chi connectivity index (χ0n) is 10.4. The van der Waals surface area contributed by atoms with Crippen LogP contribution in [0.15, 0.2) is 36.4 Å². The molecule has 0 aliphatic carbocycles. The third-order valence-corrected chi connectivity index (χ3v) is 4.81. The van der Waals surface area contributed by atoms with Crippen LogP contribution in [-0.2, 0) is 13.1 Å². The lowest BCUT2D eigenvalue weighted by Crippen LogP contribution is -2.11. The summed E-state index contributed by atoms with van der Waals surface area (Å²) in [5, 5.41) is 15.1. The number of hydrogen-bond acceptors (Lipinski definition) is 6. The Morgan fingerprint density at radius 2 is 2.00 bits per heavy atom. The molecule has 102 valence electrons. The summed E-state index contributed by atoms with van der Waals surface area (Å²) in [5.74, 6) is 0. The van der Waals surface area contributed by atoms with Crippen molar-refractivity contribution in [3.63, 3.8) is 0 Å². The van der Waals surface area contributed by atoms with Gasteiger partial charge in [-0.05, 0) is 18.2 Å². The lowest BCUT2D eigenvalue weighted by Gasteiger charge is -1.98. The van der Waals surface area contributed by atoms with E-state index in [0.717, 1.165) is 15.4 Å². The summed E-state index contributed by atoms with van der Waals surface area (Å²) in [7, 11) is 0. The van der Waals surface area contributed by atoms with Crippen LogP contribution >= 0.6 is 22.7 Å². The Morgan fingerprint density at radius 3 is 2.75 bits per heavy atom. The minimum absolute atomic E-state index is 0.182. The van der Waals surface area contributed by atoms with E-state index in [0.29, 0.717) is 13.1 Å². The fourth-order valence-corrected chi connectivity index (χ4v) is 3.57. The molecule has 0 saturated carbocycles. The molecule has 0 unspecified atom stereocenters. The Hall–Kier alpha value is -1.83. The van der Waals surface area contributed by atoms with Crippen molar-refractivity contribution in [2.75, 3.05) is 0 Å². The number of para-hydroxylation sites is 1. The van der Waals surface area contributed by atoms with Crippen molar-refractivity contribution in [3.8, 4) is 0 Å². The Morgan fingerprint density at radius 1 is 1.15 bits per heavy atom. The van der Waals surface area contributed by atoms with Crippen molar-refractivity contribution < 1.29 is 4.92 Å². The lowest BCUT2D eigenvalue weighted by atomic mass is 10.3. The van der Waals surface area contributed by atoms with Crippen molar-refractivity contribution in [2.24, 2.45) is 0 Å². The second-order valence-electron chi connectivity index (χ2n) is 4.18. The predicted octanol–water partition coefficient (Wildman–Crippen LogP) is 3.56. The van der Waals surface area contributed by atoms with Gasteiger partial charge in [0, 0.05) is 24.0 Å². The summed E-state index contributed by atoms with van der Waals surface area (Å²) in [6.45, 7) is 1.29. The van der Waals surface area contributed by atoms with Crippen LogP contribution in [-0.4, -0.2) is 9.91 Å². The number of fused-ring (bicyclic) bond motifs is 1. The molecule has 20 heavy (non-hydrogen) atoms. The average Bonchev–Trinajstić information content (AvgIpc) is 3.04. The van der Waals surface area contributed by atoms with Gasteiger partial charge in [-0.25, -0.2) is 4.98 Å². The van der Waals surface area contributed by atoms with E-state index in [4.69, 9.17) is 0 Å². The molecule has 0 atom stereocenters. The molecular formula is C13H11N3O2S2. The van der Waals surface area contributed by atoms with Crippen molar-refractivity contribution in [1.82, 2.24) is 10.3 Å². The Balaban J connectivity index is 1.60. The molecule has 1 N–H and O–H groups in total. The molecule has 0 saturated heterocycles. The second-order valence-corrected chi connectivity index (χ2v) is 6.44. The van der Waals surface area contributed by atoms with E-state index in [-0.39, 0.29) is 9.92 Å². The highest BCUT2D eigenvalue weighted by atomic mass is 32.1. The van der Waals surface area contributed by atoms with Crippen LogP contribution in [0.25, 0.3) is 10.2 Å². The van der Waals surface area contributed by atoms with Gasteiger partial charge in [-0.3, -0.25) is 10.1 Å². The molecule has 0 bridgehead atoms. The summed E-state index contributed by atoms with van der Waals surface area (Å²) in [6.07, 6.45) is 0. The van der Waals surface area contributed by atoms with Gasteiger partial charge in [-0.1, -0.05) is 23.5 Å². The molecule has 3 rings (SSSR count). The van der Waals surface area contributed by atoms with Gasteiger partial charge in [-0.15, -0.1) is 11.3 Å². The molecule has 0 spiro atoms. The minimum Gasteiger partial charge on any atom is -0.306 e. The lowest BCUT2D eigenvalue weighted by molar-refractivity contribution is -0.380. The highest BCUT2D eigenvalue weighted by Gasteiger charge is 2.09. The number of aromatic nitrogens is 1. The smallest absolute Gasteiger partial charge is 0.306 e. The molecule has 2 heterocycles. The molecule has 7 heteroatoms.